The zero-order valence-corrected chi connectivity index (χ0v) is 21.1. The molecule has 2 heterocycles. The van der Waals surface area contributed by atoms with Gasteiger partial charge in [-0.3, -0.25) is 9.69 Å². The Bertz CT molecular complexity index is 1210. The number of benzene rings is 2. The van der Waals surface area contributed by atoms with Crippen LogP contribution < -0.4 is 5.32 Å². The van der Waals surface area contributed by atoms with Crippen molar-refractivity contribution in [3.05, 3.63) is 81.5 Å². The van der Waals surface area contributed by atoms with E-state index in [4.69, 9.17) is 23.2 Å². The van der Waals surface area contributed by atoms with Gasteiger partial charge < -0.3 is 10.3 Å². The van der Waals surface area contributed by atoms with E-state index in [-0.39, 0.29) is 5.91 Å². The number of aromatic nitrogens is 1. The number of para-hydroxylation sites is 1. The first-order valence-corrected chi connectivity index (χ1v) is 12.7. The minimum absolute atomic E-state index is 0.0904. The molecule has 6 heteroatoms. The minimum atomic E-state index is -0.0904. The number of aromatic amines is 1. The maximum atomic E-state index is 12.0. The fourth-order valence-electron chi connectivity index (χ4n) is 4.53. The van der Waals surface area contributed by atoms with E-state index in [9.17, 15) is 4.79 Å². The van der Waals surface area contributed by atoms with Crippen molar-refractivity contribution in [1.82, 2.24) is 15.2 Å². The molecule has 178 valence electrons. The summed E-state index contributed by atoms with van der Waals surface area (Å²) in [6.45, 7) is 6.06. The molecule has 1 aliphatic rings. The first-order valence-electron chi connectivity index (χ1n) is 11.9. The van der Waals surface area contributed by atoms with Crippen molar-refractivity contribution >= 4 is 51.7 Å². The molecule has 0 aliphatic carbocycles. The summed E-state index contributed by atoms with van der Waals surface area (Å²) in [5.74, 6) is -0.0904. The zero-order chi connectivity index (χ0) is 23.9. The Labute approximate surface area is 211 Å². The molecule has 0 saturated heterocycles. The van der Waals surface area contributed by atoms with Crippen LogP contribution in [-0.4, -0.2) is 42.0 Å². The zero-order valence-electron chi connectivity index (χ0n) is 19.5. The number of unbranched alkanes of at least 4 members (excludes halogenated alkanes) is 2. The Morgan fingerprint density at radius 1 is 1.12 bits per heavy atom. The van der Waals surface area contributed by atoms with Gasteiger partial charge in [-0.05, 0) is 68.1 Å². The first-order chi connectivity index (χ1) is 16.5. The van der Waals surface area contributed by atoms with Gasteiger partial charge in [-0.25, -0.2) is 0 Å². The molecule has 34 heavy (non-hydrogen) atoms. The summed E-state index contributed by atoms with van der Waals surface area (Å²) < 4.78 is 0. The number of fused-ring (bicyclic) bond motifs is 1. The number of carbonyl (C=O) groups excluding carboxylic acids is 1. The first kappa shape index (κ1) is 24.6. The highest BCUT2D eigenvalue weighted by molar-refractivity contribution is 6.42. The van der Waals surface area contributed by atoms with Crippen LogP contribution in [0.2, 0.25) is 10.0 Å². The summed E-state index contributed by atoms with van der Waals surface area (Å²) >= 11 is 11.9. The molecule has 0 radical (unpaired) electrons. The fraction of sp³-hybridized carbons (Fsp3) is 0.321. The monoisotopic (exact) mass is 495 g/mol. The summed E-state index contributed by atoms with van der Waals surface area (Å²) in [7, 11) is 0. The lowest BCUT2D eigenvalue weighted by atomic mass is 9.96. The van der Waals surface area contributed by atoms with Gasteiger partial charge in [0.1, 0.15) is 0 Å². The summed E-state index contributed by atoms with van der Waals surface area (Å²) in [6, 6.07) is 13.9. The average molecular weight is 496 g/mol. The number of nitrogens with one attached hydrogen (secondary N) is 2. The average Bonchev–Trinajstić information content (AvgIpc) is 3.18. The Hall–Kier alpha value is -2.53. The standard InChI is InChI=1S/C28H31Cl2N3O/c1-20-28(23-7-3-4-8-26(23)32-20)22-13-17-33(18-14-22)16-6-2-5-15-31-27(34)12-10-21-9-11-24(29)25(30)19-21/h3-4,7-13,19,32H,2,5-6,14-18H2,1H3,(H,31,34)/b12-10+. The number of H-pyrrole nitrogens is 1. The van der Waals surface area contributed by atoms with Gasteiger partial charge in [-0.15, -0.1) is 0 Å². The van der Waals surface area contributed by atoms with E-state index in [1.54, 1.807) is 18.2 Å². The summed E-state index contributed by atoms with van der Waals surface area (Å²) in [5, 5.41) is 5.27. The van der Waals surface area contributed by atoms with Crippen molar-refractivity contribution in [3.63, 3.8) is 0 Å². The summed E-state index contributed by atoms with van der Waals surface area (Å²) in [4.78, 5) is 18.0. The highest BCUT2D eigenvalue weighted by Gasteiger charge is 2.17. The lowest BCUT2D eigenvalue weighted by Crippen LogP contribution is -2.29. The predicted molar refractivity (Wildman–Crippen MR) is 144 cm³/mol. The van der Waals surface area contributed by atoms with Crippen LogP contribution in [0.1, 0.15) is 42.5 Å². The lowest BCUT2D eigenvalue weighted by Gasteiger charge is -2.26. The topological polar surface area (TPSA) is 48.1 Å². The van der Waals surface area contributed by atoms with Crippen LogP contribution in [0.4, 0.5) is 0 Å². The minimum Gasteiger partial charge on any atom is -0.358 e. The SMILES string of the molecule is Cc1[nH]c2ccccc2c1C1=CCN(CCCCCNC(=O)/C=C/c2ccc(Cl)c(Cl)c2)CC1. The molecule has 1 aliphatic heterocycles. The van der Waals surface area contributed by atoms with Gasteiger partial charge in [0, 0.05) is 47.9 Å². The molecule has 4 nitrogen and oxygen atoms in total. The lowest BCUT2D eigenvalue weighted by molar-refractivity contribution is -0.116. The third kappa shape index (κ3) is 6.32. The Balaban J connectivity index is 1.14. The smallest absolute Gasteiger partial charge is 0.243 e. The number of aryl methyl sites for hydroxylation is 1. The van der Waals surface area contributed by atoms with E-state index in [1.165, 1.54) is 33.8 Å². The Morgan fingerprint density at radius 2 is 1.97 bits per heavy atom. The summed E-state index contributed by atoms with van der Waals surface area (Å²) in [5.41, 5.74) is 6.18. The third-order valence-electron chi connectivity index (χ3n) is 6.33. The molecule has 1 aromatic heterocycles. The quantitative estimate of drug-likeness (QED) is 0.251. The third-order valence-corrected chi connectivity index (χ3v) is 7.07. The van der Waals surface area contributed by atoms with E-state index in [0.29, 0.717) is 16.6 Å². The van der Waals surface area contributed by atoms with Crippen molar-refractivity contribution in [2.45, 2.75) is 32.6 Å². The normalized spacial score (nSPS) is 14.6. The highest BCUT2D eigenvalue weighted by Crippen LogP contribution is 2.32. The maximum Gasteiger partial charge on any atom is 0.243 e. The van der Waals surface area contributed by atoms with Crippen LogP contribution in [0.25, 0.3) is 22.6 Å². The van der Waals surface area contributed by atoms with Crippen LogP contribution in [0, 0.1) is 6.92 Å². The molecule has 0 atom stereocenters. The highest BCUT2D eigenvalue weighted by atomic mass is 35.5. The van der Waals surface area contributed by atoms with Crippen molar-refractivity contribution in [2.24, 2.45) is 0 Å². The van der Waals surface area contributed by atoms with Gasteiger partial charge in [-0.1, -0.05) is 60.0 Å². The molecule has 0 unspecified atom stereocenters. The van der Waals surface area contributed by atoms with Gasteiger partial charge in [0.25, 0.3) is 0 Å². The second-order valence-corrected chi connectivity index (χ2v) is 9.62. The molecular weight excluding hydrogens is 465 g/mol. The van der Waals surface area contributed by atoms with Gasteiger partial charge in [0.05, 0.1) is 10.0 Å². The van der Waals surface area contributed by atoms with E-state index < -0.39 is 0 Å². The van der Waals surface area contributed by atoms with Gasteiger partial charge in [0.15, 0.2) is 0 Å². The Morgan fingerprint density at radius 3 is 2.76 bits per heavy atom. The number of nitrogens with zero attached hydrogens (tertiary/aromatic N) is 1. The largest absolute Gasteiger partial charge is 0.358 e. The number of rotatable bonds is 9. The molecule has 2 aromatic carbocycles. The molecule has 1 amide bonds. The predicted octanol–water partition coefficient (Wildman–Crippen LogP) is 6.87. The van der Waals surface area contributed by atoms with Crippen LogP contribution >= 0.6 is 23.2 Å². The van der Waals surface area contributed by atoms with Crippen molar-refractivity contribution < 1.29 is 4.79 Å². The van der Waals surface area contributed by atoms with Crippen LogP contribution in [0.5, 0.6) is 0 Å². The molecule has 0 bridgehead atoms. The van der Waals surface area contributed by atoms with E-state index in [2.05, 4.69) is 52.5 Å². The molecule has 0 fully saturated rings. The fourth-order valence-corrected chi connectivity index (χ4v) is 4.83. The molecule has 0 saturated carbocycles. The second-order valence-electron chi connectivity index (χ2n) is 8.81. The molecule has 3 aromatic rings. The van der Waals surface area contributed by atoms with Crippen LogP contribution in [-0.2, 0) is 4.79 Å². The van der Waals surface area contributed by atoms with Crippen molar-refractivity contribution in [3.8, 4) is 0 Å². The van der Waals surface area contributed by atoms with Crippen LogP contribution in [0.15, 0.2) is 54.6 Å². The number of amides is 1. The van der Waals surface area contributed by atoms with Crippen molar-refractivity contribution in [1.29, 1.82) is 0 Å². The van der Waals surface area contributed by atoms with E-state index in [1.807, 2.05) is 6.07 Å². The number of halogens is 2. The van der Waals surface area contributed by atoms with Crippen molar-refractivity contribution in [2.75, 3.05) is 26.2 Å². The maximum absolute atomic E-state index is 12.0. The Kier molecular flexibility index (Phi) is 8.49. The van der Waals surface area contributed by atoms with Gasteiger partial charge in [-0.2, -0.15) is 0 Å². The summed E-state index contributed by atoms with van der Waals surface area (Å²) in [6.07, 6.45) is 9.99. The van der Waals surface area contributed by atoms with E-state index >= 15 is 0 Å². The van der Waals surface area contributed by atoms with Crippen LogP contribution in [0.3, 0.4) is 0 Å². The number of hydrogen-bond donors (Lipinski definition) is 2. The molecule has 4 rings (SSSR count). The van der Waals surface area contributed by atoms with Gasteiger partial charge >= 0.3 is 0 Å². The molecule has 0 spiro atoms. The number of hydrogen-bond acceptors (Lipinski definition) is 2. The number of carbonyl (C=O) groups is 1. The molecular formula is C28H31Cl2N3O. The van der Waals surface area contributed by atoms with E-state index in [0.717, 1.165) is 50.9 Å². The van der Waals surface area contributed by atoms with Gasteiger partial charge in [0.2, 0.25) is 5.91 Å². The molecule has 2 N–H and O–H groups in total. The second kappa shape index (κ2) is 11.7.